The number of nitrogens with one attached hydrogen (secondary N) is 1. The van der Waals surface area contributed by atoms with E-state index in [4.69, 9.17) is 5.73 Å². The summed E-state index contributed by atoms with van der Waals surface area (Å²) in [5.74, 6) is -2.03. The van der Waals surface area contributed by atoms with E-state index in [0.717, 1.165) is 5.56 Å². The minimum Gasteiger partial charge on any atom is -0.480 e. The molecule has 3 atom stereocenters. The molecule has 0 spiro atoms. The van der Waals surface area contributed by atoms with Crippen LogP contribution in [0.25, 0.3) is 0 Å². The van der Waals surface area contributed by atoms with Crippen molar-refractivity contribution in [2.75, 3.05) is 6.54 Å². The van der Waals surface area contributed by atoms with Gasteiger partial charge in [0, 0.05) is 6.54 Å². The number of nitrogens with two attached hydrogens (primary N) is 1. The van der Waals surface area contributed by atoms with Gasteiger partial charge >= 0.3 is 5.97 Å². The molecule has 1 aliphatic rings. The van der Waals surface area contributed by atoms with Crippen LogP contribution in [-0.4, -0.2) is 52.5 Å². The first kappa shape index (κ1) is 19.9. The predicted octanol–water partition coefficient (Wildman–Crippen LogP) is 0.773. The quantitative estimate of drug-likeness (QED) is 0.664. The van der Waals surface area contributed by atoms with E-state index in [9.17, 15) is 19.5 Å². The summed E-state index contributed by atoms with van der Waals surface area (Å²) in [6.45, 7) is 3.91. The van der Waals surface area contributed by atoms with Gasteiger partial charge in [-0.15, -0.1) is 0 Å². The van der Waals surface area contributed by atoms with Gasteiger partial charge in [-0.1, -0.05) is 44.2 Å². The van der Waals surface area contributed by atoms with Crippen molar-refractivity contribution in [1.82, 2.24) is 10.2 Å². The van der Waals surface area contributed by atoms with Crippen LogP contribution in [0.15, 0.2) is 30.3 Å². The Morgan fingerprint density at radius 3 is 2.50 bits per heavy atom. The number of nitrogens with zero attached hydrogens (tertiary/aromatic N) is 1. The molecule has 0 aliphatic carbocycles. The number of carbonyl (C=O) groups excluding carboxylic acids is 2. The highest BCUT2D eigenvalue weighted by atomic mass is 16.4. The lowest BCUT2D eigenvalue weighted by molar-refractivity contribution is -0.145. The lowest BCUT2D eigenvalue weighted by Crippen LogP contribution is -2.55. The minimum absolute atomic E-state index is 0.248. The second kappa shape index (κ2) is 8.80. The zero-order valence-electron chi connectivity index (χ0n) is 15.2. The largest absolute Gasteiger partial charge is 0.480 e. The zero-order chi connectivity index (χ0) is 19.3. The van der Waals surface area contributed by atoms with Gasteiger partial charge in [-0.2, -0.15) is 0 Å². The van der Waals surface area contributed by atoms with E-state index >= 15 is 0 Å². The van der Waals surface area contributed by atoms with Gasteiger partial charge in [0.05, 0.1) is 6.04 Å². The number of carboxylic acids is 1. The maximum Gasteiger partial charge on any atom is 0.326 e. The van der Waals surface area contributed by atoms with Crippen LogP contribution in [0.4, 0.5) is 0 Å². The standard InChI is InChI=1S/C19H27N3O4/c1-12(2)16(19(25)26)21-17(23)15-9-6-10-22(15)18(24)14(20)11-13-7-4-3-5-8-13/h3-5,7-8,12,14-16H,6,9-11,20H2,1-2H3,(H,21,23)(H,25,26)/t14-,15+,16+/m1/s1. The molecule has 0 saturated carbocycles. The van der Waals surface area contributed by atoms with Crippen molar-refractivity contribution < 1.29 is 19.5 Å². The fourth-order valence-electron chi connectivity index (χ4n) is 3.23. The summed E-state index contributed by atoms with van der Waals surface area (Å²) < 4.78 is 0. The molecule has 4 N–H and O–H groups in total. The summed E-state index contributed by atoms with van der Waals surface area (Å²) in [6, 6.07) is 7.11. The Hall–Kier alpha value is -2.41. The highest BCUT2D eigenvalue weighted by Crippen LogP contribution is 2.20. The van der Waals surface area contributed by atoms with Gasteiger partial charge in [0.2, 0.25) is 11.8 Å². The molecule has 1 saturated heterocycles. The van der Waals surface area contributed by atoms with Gasteiger partial charge in [0.25, 0.3) is 0 Å². The number of aliphatic carboxylic acids is 1. The molecule has 7 heteroatoms. The predicted molar refractivity (Wildman–Crippen MR) is 97.3 cm³/mol. The average Bonchev–Trinajstić information content (AvgIpc) is 3.08. The molecule has 0 bridgehead atoms. The third-order valence-corrected chi connectivity index (χ3v) is 4.68. The molecule has 0 unspecified atom stereocenters. The topological polar surface area (TPSA) is 113 Å². The summed E-state index contributed by atoms with van der Waals surface area (Å²) in [5.41, 5.74) is 7.03. The molecule has 142 valence electrons. The molecule has 1 heterocycles. The smallest absolute Gasteiger partial charge is 0.326 e. The Bertz CT molecular complexity index is 647. The van der Waals surface area contributed by atoms with E-state index in [1.54, 1.807) is 13.8 Å². The van der Waals surface area contributed by atoms with Gasteiger partial charge in [0.1, 0.15) is 12.1 Å². The van der Waals surface area contributed by atoms with Crippen molar-refractivity contribution >= 4 is 17.8 Å². The van der Waals surface area contributed by atoms with Crippen molar-refractivity contribution in [1.29, 1.82) is 0 Å². The lowest BCUT2D eigenvalue weighted by atomic mass is 10.0. The second-order valence-electron chi connectivity index (χ2n) is 7.05. The molecule has 1 aromatic carbocycles. The van der Waals surface area contributed by atoms with Crippen LogP contribution in [0.3, 0.4) is 0 Å². The number of hydrogen-bond acceptors (Lipinski definition) is 4. The van der Waals surface area contributed by atoms with E-state index in [0.29, 0.717) is 25.8 Å². The molecule has 2 rings (SSSR count). The SMILES string of the molecule is CC(C)[C@H](NC(=O)[C@@H]1CCCN1C(=O)[C@H](N)Cc1ccccc1)C(=O)O. The van der Waals surface area contributed by atoms with Crippen LogP contribution in [0.2, 0.25) is 0 Å². The normalized spacial score (nSPS) is 19.2. The molecule has 2 amide bonds. The highest BCUT2D eigenvalue weighted by molar-refractivity contribution is 5.92. The molecule has 1 aromatic rings. The summed E-state index contributed by atoms with van der Waals surface area (Å²) in [7, 11) is 0. The first-order chi connectivity index (χ1) is 12.3. The van der Waals surface area contributed by atoms with Crippen LogP contribution >= 0.6 is 0 Å². The van der Waals surface area contributed by atoms with Gasteiger partial charge in [-0.05, 0) is 30.7 Å². The number of rotatable bonds is 7. The van der Waals surface area contributed by atoms with Crippen LogP contribution in [0.1, 0.15) is 32.3 Å². The Balaban J connectivity index is 2.02. The average molecular weight is 361 g/mol. The third-order valence-electron chi connectivity index (χ3n) is 4.68. The number of amides is 2. The number of benzene rings is 1. The maximum atomic E-state index is 12.7. The summed E-state index contributed by atoms with van der Waals surface area (Å²) in [4.78, 5) is 38.1. The van der Waals surface area contributed by atoms with E-state index in [2.05, 4.69) is 5.32 Å². The number of carbonyl (C=O) groups is 3. The molecule has 7 nitrogen and oxygen atoms in total. The first-order valence-corrected chi connectivity index (χ1v) is 8.94. The molecule has 1 fully saturated rings. The van der Waals surface area contributed by atoms with E-state index < -0.39 is 30.0 Å². The number of hydrogen-bond donors (Lipinski definition) is 3. The van der Waals surface area contributed by atoms with Gasteiger partial charge in [-0.3, -0.25) is 9.59 Å². The Morgan fingerprint density at radius 1 is 1.27 bits per heavy atom. The van der Waals surface area contributed by atoms with Crippen LogP contribution in [-0.2, 0) is 20.8 Å². The second-order valence-corrected chi connectivity index (χ2v) is 7.05. The monoisotopic (exact) mass is 361 g/mol. The van der Waals surface area contributed by atoms with Crippen molar-refractivity contribution in [2.45, 2.75) is 51.2 Å². The Morgan fingerprint density at radius 2 is 1.92 bits per heavy atom. The van der Waals surface area contributed by atoms with Crippen molar-refractivity contribution in [3.05, 3.63) is 35.9 Å². The maximum absolute atomic E-state index is 12.7. The van der Waals surface area contributed by atoms with Gasteiger partial charge in [-0.25, -0.2) is 4.79 Å². The molecular formula is C19H27N3O4. The van der Waals surface area contributed by atoms with E-state index in [1.807, 2.05) is 30.3 Å². The summed E-state index contributed by atoms with van der Waals surface area (Å²) in [6.07, 6.45) is 1.61. The fraction of sp³-hybridized carbons (Fsp3) is 0.526. The number of carboxylic acid groups (broad SMARTS) is 1. The summed E-state index contributed by atoms with van der Waals surface area (Å²) >= 11 is 0. The van der Waals surface area contributed by atoms with Crippen molar-refractivity contribution in [2.24, 2.45) is 11.7 Å². The Kier molecular flexibility index (Phi) is 6.74. The Labute approximate surface area is 153 Å². The molecule has 26 heavy (non-hydrogen) atoms. The lowest BCUT2D eigenvalue weighted by Gasteiger charge is -2.28. The number of likely N-dealkylation sites (tertiary alicyclic amines) is 1. The van der Waals surface area contributed by atoms with Gasteiger partial charge in [0.15, 0.2) is 0 Å². The van der Waals surface area contributed by atoms with Crippen molar-refractivity contribution in [3.8, 4) is 0 Å². The molecule has 1 aliphatic heterocycles. The van der Waals surface area contributed by atoms with Gasteiger partial charge < -0.3 is 21.1 Å². The fourth-order valence-corrected chi connectivity index (χ4v) is 3.23. The first-order valence-electron chi connectivity index (χ1n) is 8.94. The molecule has 0 aromatic heterocycles. The molecular weight excluding hydrogens is 334 g/mol. The van der Waals surface area contributed by atoms with Crippen molar-refractivity contribution in [3.63, 3.8) is 0 Å². The van der Waals surface area contributed by atoms with Crippen LogP contribution < -0.4 is 11.1 Å². The third kappa shape index (κ3) is 4.82. The zero-order valence-corrected chi connectivity index (χ0v) is 15.2. The highest BCUT2D eigenvalue weighted by Gasteiger charge is 2.37. The minimum atomic E-state index is -1.08. The summed E-state index contributed by atoms with van der Waals surface area (Å²) in [5, 5.41) is 11.8. The van der Waals surface area contributed by atoms with Crippen LogP contribution in [0, 0.1) is 5.92 Å². The van der Waals surface area contributed by atoms with E-state index in [1.165, 1.54) is 4.90 Å². The molecule has 0 radical (unpaired) electrons. The van der Waals surface area contributed by atoms with E-state index in [-0.39, 0.29) is 11.8 Å². The van der Waals surface area contributed by atoms with Crippen LogP contribution in [0.5, 0.6) is 0 Å².